The molecule has 0 radical (unpaired) electrons. The van der Waals surface area contributed by atoms with Gasteiger partial charge in [0.15, 0.2) is 0 Å². The normalized spacial score (nSPS) is 49.5. The second-order valence-corrected chi connectivity index (χ2v) is 12.7. The van der Waals surface area contributed by atoms with Crippen molar-refractivity contribution in [1.82, 2.24) is 0 Å². The molecular formula is C28H48O. The highest BCUT2D eigenvalue weighted by Crippen LogP contribution is 2.68. The van der Waals surface area contributed by atoms with E-state index in [-0.39, 0.29) is 6.10 Å². The predicted molar refractivity (Wildman–Crippen MR) is 124 cm³/mol. The highest BCUT2D eigenvalue weighted by Gasteiger charge is 2.60. The number of aliphatic hydroxyl groups excluding tert-OH is 1. The van der Waals surface area contributed by atoms with Crippen molar-refractivity contribution in [2.24, 2.45) is 58.2 Å². The molecule has 4 rings (SSSR count). The summed E-state index contributed by atoms with van der Waals surface area (Å²) in [6.07, 6.45) is 17.1. The molecule has 4 saturated carbocycles. The van der Waals surface area contributed by atoms with Gasteiger partial charge in [0.1, 0.15) is 0 Å². The van der Waals surface area contributed by atoms with Crippen molar-refractivity contribution in [3.05, 3.63) is 12.2 Å². The van der Waals surface area contributed by atoms with Crippen LogP contribution in [0.3, 0.4) is 0 Å². The zero-order valence-corrected chi connectivity index (χ0v) is 20.2. The summed E-state index contributed by atoms with van der Waals surface area (Å²) in [4.78, 5) is 0. The summed E-state index contributed by atoms with van der Waals surface area (Å²) in [6, 6.07) is 0. The molecule has 4 aliphatic rings. The van der Waals surface area contributed by atoms with Crippen LogP contribution in [0, 0.1) is 58.2 Å². The molecule has 29 heavy (non-hydrogen) atoms. The smallest absolute Gasteiger partial charge is 0.0543 e. The molecule has 0 aliphatic heterocycles. The molecule has 0 saturated heterocycles. The van der Waals surface area contributed by atoms with Crippen molar-refractivity contribution < 1.29 is 5.11 Å². The minimum Gasteiger partial charge on any atom is -0.393 e. The monoisotopic (exact) mass is 400 g/mol. The molecule has 0 heterocycles. The largest absolute Gasteiger partial charge is 0.393 e. The summed E-state index contributed by atoms with van der Waals surface area (Å²) in [5.41, 5.74) is 1.07. The summed E-state index contributed by atoms with van der Waals surface area (Å²) in [6.45, 7) is 14.9. The van der Waals surface area contributed by atoms with Crippen LogP contribution in [-0.2, 0) is 0 Å². The average Bonchev–Trinajstić information content (AvgIpc) is 3.03. The van der Waals surface area contributed by atoms with Gasteiger partial charge in [-0.1, -0.05) is 53.7 Å². The number of allylic oxidation sites excluding steroid dienone is 2. The average molecular weight is 401 g/mol. The Kier molecular flexibility index (Phi) is 6.04. The maximum absolute atomic E-state index is 10.3. The SMILES string of the molecule is CC(C)C(C)C=C[C@@H](C)[C@H]1CC[C@H]2[C@@H]3CC[C@H]4C[C@@H](O)CC[C@]4(C)[C@H]3CC[C@]12C. The highest BCUT2D eigenvalue weighted by molar-refractivity contribution is 5.11. The van der Waals surface area contributed by atoms with Gasteiger partial charge in [0.25, 0.3) is 0 Å². The van der Waals surface area contributed by atoms with E-state index in [1.165, 1.54) is 44.9 Å². The topological polar surface area (TPSA) is 20.2 Å². The lowest BCUT2D eigenvalue weighted by Gasteiger charge is -2.61. The van der Waals surface area contributed by atoms with Gasteiger partial charge >= 0.3 is 0 Å². The second-order valence-electron chi connectivity index (χ2n) is 12.7. The Morgan fingerprint density at radius 1 is 0.793 bits per heavy atom. The minimum absolute atomic E-state index is 0.0183. The van der Waals surface area contributed by atoms with Gasteiger partial charge in [-0.25, -0.2) is 0 Å². The van der Waals surface area contributed by atoms with E-state index < -0.39 is 0 Å². The standard InChI is InChI=1S/C28H48O/c1-18(2)19(3)7-8-20(4)24-11-12-25-23-10-9-21-17-22(29)13-15-27(21,5)26(23)14-16-28(24,25)6/h7-8,18-26,29H,9-17H2,1-6H3/t19?,20-,21+,22+,23+,24-,25+,26+,27+,28-/m1/s1. The fourth-order valence-corrected chi connectivity index (χ4v) is 8.85. The summed E-state index contributed by atoms with van der Waals surface area (Å²) in [5.74, 6) is 6.66. The molecule has 0 bridgehead atoms. The van der Waals surface area contributed by atoms with Crippen LogP contribution in [-0.4, -0.2) is 11.2 Å². The van der Waals surface area contributed by atoms with Crippen molar-refractivity contribution in [2.45, 2.75) is 105 Å². The predicted octanol–water partition coefficient (Wildman–Crippen LogP) is 7.49. The van der Waals surface area contributed by atoms with Crippen molar-refractivity contribution in [3.8, 4) is 0 Å². The molecule has 0 aromatic rings. The Morgan fingerprint density at radius 3 is 2.21 bits per heavy atom. The van der Waals surface area contributed by atoms with Crippen LogP contribution in [0.5, 0.6) is 0 Å². The third-order valence-corrected chi connectivity index (χ3v) is 11.1. The van der Waals surface area contributed by atoms with Crippen LogP contribution in [0.1, 0.15) is 99.3 Å². The van der Waals surface area contributed by atoms with Gasteiger partial charge in [-0.2, -0.15) is 0 Å². The van der Waals surface area contributed by atoms with Crippen LogP contribution < -0.4 is 0 Å². The third kappa shape index (κ3) is 3.66. The molecule has 166 valence electrons. The Labute approximate surface area is 181 Å². The maximum atomic E-state index is 10.3. The van der Waals surface area contributed by atoms with Crippen molar-refractivity contribution in [1.29, 1.82) is 0 Å². The van der Waals surface area contributed by atoms with Gasteiger partial charge in [0.2, 0.25) is 0 Å². The van der Waals surface area contributed by atoms with Crippen LogP contribution in [0.2, 0.25) is 0 Å². The Morgan fingerprint density at radius 2 is 1.48 bits per heavy atom. The van der Waals surface area contributed by atoms with Gasteiger partial charge in [-0.15, -0.1) is 0 Å². The first kappa shape index (κ1) is 21.9. The van der Waals surface area contributed by atoms with E-state index in [0.29, 0.717) is 16.7 Å². The first-order valence-corrected chi connectivity index (χ1v) is 13.0. The molecule has 4 fully saturated rings. The zero-order valence-electron chi connectivity index (χ0n) is 20.2. The van der Waals surface area contributed by atoms with E-state index in [9.17, 15) is 5.11 Å². The van der Waals surface area contributed by atoms with Gasteiger partial charge in [-0.05, 0) is 116 Å². The van der Waals surface area contributed by atoms with Gasteiger partial charge in [0, 0.05) is 0 Å². The van der Waals surface area contributed by atoms with E-state index in [4.69, 9.17) is 0 Å². The van der Waals surface area contributed by atoms with Gasteiger partial charge < -0.3 is 5.11 Å². The summed E-state index contributed by atoms with van der Waals surface area (Å²) in [7, 11) is 0. The molecule has 4 aliphatic carbocycles. The van der Waals surface area contributed by atoms with Crippen LogP contribution in [0.4, 0.5) is 0 Å². The van der Waals surface area contributed by atoms with Crippen LogP contribution in [0.15, 0.2) is 12.2 Å². The van der Waals surface area contributed by atoms with Gasteiger partial charge in [0.05, 0.1) is 6.10 Å². The lowest BCUT2D eigenvalue weighted by Crippen LogP contribution is -2.54. The third-order valence-electron chi connectivity index (χ3n) is 11.1. The fraction of sp³-hybridized carbons (Fsp3) is 0.929. The Bertz CT molecular complexity index is 607. The summed E-state index contributed by atoms with van der Waals surface area (Å²) >= 11 is 0. The van der Waals surface area contributed by atoms with E-state index in [2.05, 4.69) is 53.7 Å². The van der Waals surface area contributed by atoms with E-state index in [0.717, 1.165) is 54.3 Å². The lowest BCUT2D eigenvalue weighted by atomic mass is 9.44. The Hall–Kier alpha value is -0.300. The van der Waals surface area contributed by atoms with Crippen molar-refractivity contribution >= 4 is 0 Å². The van der Waals surface area contributed by atoms with E-state index in [1.807, 2.05) is 0 Å². The van der Waals surface area contributed by atoms with Gasteiger partial charge in [-0.3, -0.25) is 0 Å². The lowest BCUT2D eigenvalue weighted by molar-refractivity contribution is -0.128. The molecule has 1 N–H and O–H groups in total. The number of aliphatic hydroxyl groups is 1. The molecule has 1 unspecified atom stereocenters. The van der Waals surface area contributed by atoms with Crippen molar-refractivity contribution in [3.63, 3.8) is 0 Å². The van der Waals surface area contributed by atoms with Crippen molar-refractivity contribution in [2.75, 3.05) is 0 Å². The summed E-state index contributed by atoms with van der Waals surface area (Å²) < 4.78 is 0. The number of fused-ring (bicyclic) bond motifs is 5. The number of rotatable bonds is 4. The van der Waals surface area contributed by atoms with E-state index in [1.54, 1.807) is 0 Å². The molecule has 0 spiro atoms. The number of hydrogen-bond donors (Lipinski definition) is 1. The number of hydrogen-bond acceptors (Lipinski definition) is 1. The maximum Gasteiger partial charge on any atom is 0.0543 e. The Balaban J connectivity index is 1.50. The molecule has 1 nitrogen and oxygen atoms in total. The highest BCUT2D eigenvalue weighted by atomic mass is 16.3. The molecular weight excluding hydrogens is 352 g/mol. The van der Waals surface area contributed by atoms with Crippen LogP contribution in [0.25, 0.3) is 0 Å². The van der Waals surface area contributed by atoms with Crippen LogP contribution >= 0.6 is 0 Å². The van der Waals surface area contributed by atoms with E-state index >= 15 is 0 Å². The fourth-order valence-electron chi connectivity index (χ4n) is 8.85. The quantitative estimate of drug-likeness (QED) is 0.485. The summed E-state index contributed by atoms with van der Waals surface area (Å²) in [5, 5.41) is 10.3. The first-order chi connectivity index (χ1) is 13.7. The molecule has 1 heteroatoms. The first-order valence-electron chi connectivity index (χ1n) is 13.0. The molecule has 0 amide bonds. The zero-order chi connectivity index (χ0) is 21.0. The minimum atomic E-state index is -0.0183. The molecule has 10 atom stereocenters. The molecule has 0 aromatic heterocycles. The molecule has 0 aromatic carbocycles. The second kappa shape index (κ2) is 7.99.